The van der Waals surface area contributed by atoms with Crippen LogP contribution >= 0.6 is 0 Å². The number of benzene rings is 2. The molecule has 1 aliphatic heterocycles. The van der Waals surface area contributed by atoms with Crippen molar-refractivity contribution in [2.45, 2.75) is 57.8 Å². The summed E-state index contributed by atoms with van der Waals surface area (Å²) in [4.78, 5) is 13.6. The normalized spacial score (nSPS) is 17.1. The first-order valence-electron chi connectivity index (χ1n) is 10.4. The highest BCUT2D eigenvalue weighted by molar-refractivity contribution is 6.00. The van der Waals surface area contributed by atoms with Gasteiger partial charge in [-0.2, -0.15) is 0 Å². The predicted molar refractivity (Wildman–Crippen MR) is 114 cm³/mol. The third-order valence-electron chi connectivity index (χ3n) is 5.48. The molecule has 1 saturated heterocycles. The van der Waals surface area contributed by atoms with Crippen molar-refractivity contribution in [2.75, 3.05) is 18.6 Å². The number of ether oxygens (including phenoxy) is 2. The van der Waals surface area contributed by atoms with Gasteiger partial charge in [0.1, 0.15) is 5.75 Å². The van der Waals surface area contributed by atoms with Crippen LogP contribution in [0.3, 0.4) is 0 Å². The highest BCUT2D eigenvalue weighted by atomic mass is 16.5. The molecule has 2 aromatic rings. The van der Waals surface area contributed by atoms with Crippen molar-refractivity contribution in [3.8, 4) is 5.75 Å². The summed E-state index contributed by atoms with van der Waals surface area (Å²) in [6.07, 6.45) is 4.86. The number of hydrogen-bond acceptors (Lipinski definition) is 4. The van der Waals surface area contributed by atoms with Crippen LogP contribution in [-0.2, 0) is 16.1 Å². The van der Waals surface area contributed by atoms with E-state index in [0.717, 1.165) is 35.4 Å². The van der Waals surface area contributed by atoms with Crippen molar-refractivity contribution in [1.82, 2.24) is 0 Å². The van der Waals surface area contributed by atoms with Gasteiger partial charge in [0.2, 0.25) is 5.91 Å². The van der Waals surface area contributed by atoms with E-state index >= 15 is 0 Å². The molecule has 156 valence electrons. The van der Waals surface area contributed by atoms with Gasteiger partial charge in [0.15, 0.2) is 0 Å². The van der Waals surface area contributed by atoms with E-state index in [0.29, 0.717) is 13.0 Å². The first-order chi connectivity index (χ1) is 14.2. The molecule has 2 aromatic carbocycles. The Bertz CT molecular complexity index is 772. The van der Waals surface area contributed by atoms with Crippen molar-refractivity contribution in [3.05, 3.63) is 59.7 Å². The molecular formula is C24H31NO4. The van der Waals surface area contributed by atoms with Crippen LogP contribution in [0.4, 0.5) is 5.69 Å². The average Bonchev–Trinajstić information content (AvgIpc) is 2.75. The highest BCUT2D eigenvalue weighted by Crippen LogP contribution is 2.31. The van der Waals surface area contributed by atoms with Crippen LogP contribution in [0.1, 0.15) is 56.3 Å². The summed E-state index contributed by atoms with van der Waals surface area (Å²) in [5.74, 6) is 0.901. The van der Waals surface area contributed by atoms with Crippen LogP contribution in [0.5, 0.6) is 5.75 Å². The highest BCUT2D eigenvalue weighted by Gasteiger charge is 2.36. The number of carbonyl (C=O) groups excluding carboxylic acids is 1. The Morgan fingerprint density at radius 2 is 1.83 bits per heavy atom. The van der Waals surface area contributed by atoms with E-state index in [1.165, 1.54) is 12.8 Å². The zero-order valence-corrected chi connectivity index (χ0v) is 17.3. The summed E-state index contributed by atoms with van der Waals surface area (Å²) in [6, 6.07) is 15.8. The Kier molecular flexibility index (Phi) is 7.67. The maximum Gasteiger partial charge on any atom is 0.229 e. The number of β-lactam (4-membered cyclic amide) rings is 1. The fourth-order valence-corrected chi connectivity index (χ4v) is 3.68. The molecule has 29 heavy (non-hydrogen) atoms. The SMILES string of the molecule is CCCCCC(OCc1ccc(OC)cc1)c1ccc(N2C(=O)C[C@@H]2CO)cc1. The minimum Gasteiger partial charge on any atom is -0.497 e. The van der Waals surface area contributed by atoms with Gasteiger partial charge in [-0.3, -0.25) is 4.79 Å². The monoisotopic (exact) mass is 397 g/mol. The van der Waals surface area contributed by atoms with Crippen LogP contribution in [-0.4, -0.2) is 30.8 Å². The maximum atomic E-state index is 11.9. The van der Waals surface area contributed by atoms with Crippen LogP contribution in [0.25, 0.3) is 0 Å². The lowest BCUT2D eigenvalue weighted by Gasteiger charge is -2.39. The van der Waals surface area contributed by atoms with Crippen molar-refractivity contribution < 1.29 is 19.4 Å². The Labute approximate surface area is 173 Å². The number of nitrogens with zero attached hydrogens (tertiary/aromatic N) is 1. The quantitative estimate of drug-likeness (QED) is 0.444. The molecule has 1 N–H and O–H groups in total. The molecule has 1 fully saturated rings. The lowest BCUT2D eigenvalue weighted by atomic mass is 9.99. The van der Waals surface area contributed by atoms with E-state index in [9.17, 15) is 9.90 Å². The largest absolute Gasteiger partial charge is 0.497 e. The summed E-state index contributed by atoms with van der Waals surface area (Å²) in [7, 11) is 1.66. The molecule has 0 spiro atoms. The zero-order chi connectivity index (χ0) is 20.6. The molecule has 0 aliphatic carbocycles. The second-order valence-corrected chi connectivity index (χ2v) is 7.54. The van der Waals surface area contributed by atoms with E-state index in [1.54, 1.807) is 12.0 Å². The number of methoxy groups -OCH3 is 1. The number of rotatable bonds is 11. The molecule has 1 unspecified atom stereocenters. The molecule has 0 radical (unpaired) electrons. The number of anilines is 1. The molecule has 1 aliphatic rings. The lowest BCUT2D eigenvalue weighted by Crippen LogP contribution is -2.54. The number of hydrogen-bond donors (Lipinski definition) is 1. The van der Waals surface area contributed by atoms with Gasteiger partial charge in [0, 0.05) is 5.69 Å². The van der Waals surface area contributed by atoms with E-state index in [1.807, 2.05) is 48.5 Å². The molecular weight excluding hydrogens is 366 g/mol. The number of amides is 1. The second-order valence-electron chi connectivity index (χ2n) is 7.54. The summed E-state index contributed by atoms with van der Waals surface area (Å²) < 4.78 is 11.5. The Morgan fingerprint density at radius 1 is 1.10 bits per heavy atom. The standard InChI is InChI=1S/C24H31NO4/c1-3-4-5-6-23(29-17-18-7-13-22(28-2)14-8-18)19-9-11-20(12-10-19)25-21(16-26)15-24(25)27/h7-14,21,23,26H,3-6,15-17H2,1-2H3/t21-,23?/m1/s1. The number of unbranched alkanes of at least 4 members (excludes halogenated alkanes) is 2. The Balaban J connectivity index is 1.67. The van der Waals surface area contributed by atoms with Crippen molar-refractivity contribution >= 4 is 11.6 Å². The van der Waals surface area contributed by atoms with Gasteiger partial charge in [-0.1, -0.05) is 50.5 Å². The number of carbonyl (C=O) groups is 1. The summed E-state index contributed by atoms with van der Waals surface area (Å²) in [6.45, 7) is 2.74. The molecule has 2 atom stereocenters. The van der Waals surface area contributed by atoms with Crippen LogP contribution < -0.4 is 9.64 Å². The van der Waals surface area contributed by atoms with Crippen LogP contribution in [0, 0.1) is 0 Å². The Hall–Kier alpha value is -2.37. The Morgan fingerprint density at radius 3 is 2.41 bits per heavy atom. The topological polar surface area (TPSA) is 59.0 Å². The van der Waals surface area contributed by atoms with Crippen molar-refractivity contribution in [2.24, 2.45) is 0 Å². The van der Waals surface area contributed by atoms with Gasteiger partial charge >= 0.3 is 0 Å². The fraction of sp³-hybridized carbons (Fsp3) is 0.458. The van der Waals surface area contributed by atoms with E-state index in [2.05, 4.69) is 6.92 Å². The molecule has 1 amide bonds. The minimum absolute atomic E-state index is 0.00188. The van der Waals surface area contributed by atoms with Crippen LogP contribution in [0.2, 0.25) is 0 Å². The third kappa shape index (κ3) is 5.37. The maximum absolute atomic E-state index is 11.9. The van der Waals surface area contributed by atoms with E-state index in [4.69, 9.17) is 9.47 Å². The molecule has 0 bridgehead atoms. The molecule has 0 aromatic heterocycles. The summed E-state index contributed by atoms with van der Waals surface area (Å²) in [5.41, 5.74) is 3.07. The van der Waals surface area contributed by atoms with E-state index in [-0.39, 0.29) is 24.7 Å². The molecule has 0 saturated carbocycles. The van der Waals surface area contributed by atoms with Gasteiger partial charge in [0.05, 0.1) is 38.9 Å². The van der Waals surface area contributed by atoms with Crippen LogP contribution in [0.15, 0.2) is 48.5 Å². The van der Waals surface area contributed by atoms with Gasteiger partial charge in [-0.15, -0.1) is 0 Å². The van der Waals surface area contributed by atoms with Crippen molar-refractivity contribution in [1.29, 1.82) is 0 Å². The molecule has 1 heterocycles. The number of aliphatic hydroxyl groups is 1. The first kappa shape index (κ1) is 21.3. The molecule has 5 nitrogen and oxygen atoms in total. The molecule has 5 heteroatoms. The van der Waals surface area contributed by atoms with Crippen molar-refractivity contribution in [3.63, 3.8) is 0 Å². The second kappa shape index (κ2) is 10.4. The molecule has 3 rings (SSSR count). The van der Waals surface area contributed by atoms with E-state index < -0.39 is 0 Å². The van der Waals surface area contributed by atoms with Gasteiger partial charge in [0.25, 0.3) is 0 Å². The predicted octanol–water partition coefficient (Wildman–Crippen LogP) is 4.63. The van der Waals surface area contributed by atoms with Gasteiger partial charge in [-0.25, -0.2) is 0 Å². The van der Waals surface area contributed by atoms with Gasteiger partial charge < -0.3 is 19.5 Å². The fourth-order valence-electron chi connectivity index (χ4n) is 3.68. The van der Waals surface area contributed by atoms with Gasteiger partial charge in [-0.05, 0) is 41.8 Å². The number of aliphatic hydroxyl groups excluding tert-OH is 1. The smallest absolute Gasteiger partial charge is 0.229 e. The lowest BCUT2D eigenvalue weighted by molar-refractivity contribution is -0.124. The average molecular weight is 398 g/mol. The first-order valence-corrected chi connectivity index (χ1v) is 10.4. The zero-order valence-electron chi connectivity index (χ0n) is 17.3. The minimum atomic E-state index is -0.0972. The summed E-state index contributed by atoms with van der Waals surface area (Å²) >= 11 is 0. The summed E-state index contributed by atoms with van der Waals surface area (Å²) in [5, 5.41) is 9.39. The third-order valence-corrected chi connectivity index (χ3v) is 5.48.